The van der Waals surface area contributed by atoms with E-state index in [2.05, 4.69) is 15.1 Å². The third-order valence-corrected chi connectivity index (χ3v) is 6.15. The van der Waals surface area contributed by atoms with Crippen molar-refractivity contribution < 1.29 is 9.53 Å². The predicted molar refractivity (Wildman–Crippen MR) is 96.1 cm³/mol. The van der Waals surface area contributed by atoms with Crippen LogP contribution in [-0.2, 0) is 9.53 Å². The van der Waals surface area contributed by atoms with Gasteiger partial charge in [0.2, 0.25) is 5.91 Å². The van der Waals surface area contributed by atoms with E-state index in [4.69, 9.17) is 4.74 Å². The summed E-state index contributed by atoms with van der Waals surface area (Å²) in [6.45, 7) is 7.28. The van der Waals surface area contributed by atoms with E-state index in [0.717, 1.165) is 45.9 Å². The van der Waals surface area contributed by atoms with E-state index in [1.165, 1.54) is 57.8 Å². The van der Waals surface area contributed by atoms with E-state index in [-0.39, 0.29) is 11.4 Å². The molecule has 3 aliphatic rings. The van der Waals surface area contributed by atoms with Gasteiger partial charge < -0.3 is 10.1 Å². The Morgan fingerprint density at radius 3 is 2.17 bits per heavy atom. The Labute approximate surface area is 147 Å². The van der Waals surface area contributed by atoms with Crippen LogP contribution in [0.5, 0.6) is 0 Å². The fraction of sp³-hybridized carbons (Fsp3) is 0.947. The molecule has 5 nitrogen and oxygen atoms in total. The molecule has 1 saturated carbocycles. The van der Waals surface area contributed by atoms with Gasteiger partial charge in [0, 0.05) is 25.2 Å². The van der Waals surface area contributed by atoms with Crippen LogP contribution in [0.1, 0.15) is 57.8 Å². The zero-order valence-corrected chi connectivity index (χ0v) is 15.2. The molecule has 1 aliphatic carbocycles. The Morgan fingerprint density at radius 2 is 1.50 bits per heavy atom. The van der Waals surface area contributed by atoms with Gasteiger partial charge in [0.05, 0.1) is 19.8 Å². The number of rotatable bonds is 5. The summed E-state index contributed by atoms with van der Waals surface area (Å²) in [5.74, 6) is 0.218. The molecule has 2 saturated heterocycles. The van der Waals surface area contributed by atoms with Crippen LogP contribution >= 0.6 is 0 Å². The topological polar surface area (TPSA) is 44.8 Å². The van der Waals surface area contributed by atoms with Crippen molar-refractivity contribution in [3.05, 3.63) is 0 Å². The molecule has 0 aromatic rings. The first-order chi connectivity index (χ1) is 11.8. The molecule has 3 fully saturated rings. The fourth-order valence-corrected chi connectivity index (χ4v) is 4.67. The van der Waals surface area contributed by atoms with Gasteiger partial charge in [-0.05, 0) is 38.8 Å². The first-order valence-corrected chi connectivity index (χ1v) is 10.1. The summed E-state index contributed by atoms with van der Waals surface area (Å²) >= 11 is 0. The molecule has 1 N–H and O–H groups in total. The van der Waals surface area contributed by atoms with Crippen LogP contribution in [0.2, 0.25) is 0 Å². The van der Waals surface area contributed by atoms with Crippen molar-refractivity contribution in [3.63, 3.8) is 0 Å². The second-order valence-electron chi connectivity index (χ2n) is 7.85. The number of carbonyl (C=O) groups is 1. The monoisotopic (exact) mass is 337 g/mol. The van der Waals surface area contributed by atoms with Gasteiger partial charge in [-0.2, -0.15) is 0 Å². The van der Waals surface area contributed by atoms with Crippen molar-refractivity contribution in [3.8, 4) is 0 Å². The first-order valence-electron chi connectivity index (χ1n) is 10.1. The van der Waals surface area contributed by atoms with Crippen LogP contribution in [0.25, 0.3) is 0 Å². The van der Waals surface area contributed by atoms with Crippen LogP contribution in [0, 0.1) is 0 Å². The molecule has 0 spiro atoms. The molecule has 0 aromatic heterocycles. The lowest BCUT2D eigenvalue weighted by Gasteiger charge is -2.48. The van der Waals surface area contributed by atoms with E-state index < -0.39 is 0 Å². The summed E-state index contributed by atoms with van der Waals surface area (Å²) in [5, 5.41) is 3.30. The van der Waals surface area contributed by atoms with Crippen molar-refractivity contribution in [2.24, 2.45) is 0 Å². The van der Waals surface area contributed by atoms with Crippen molar-refractivity contribution in [2.45, 2.75) is 63.3 Å². The highest BCUT2D eigenvalue weighted by atomic mass is 16.5. The highest BCUT2D eigenvalue weighted by molar-refractivity contribution is 5.78. The normalized spacial score (nSPS) is 26.7. The lowest BCUT2D eigenvalue weighted by molar-refractivity contribution is -0.123. The average Bonchev–Trinajstić information content (AvgIpc) is 2.90. The number of nitrogens with one attached hydrogen (secondary N) is 1. The van der Waals surface area contributed by atoms with Crippen molar-refractivity contribution >= 4 is 5.91 Å². The molecule has 0 atom stereocenters. The van der Waals surface area contributed by atoms with Gasteiger partial charge in [0.15, 0.2) is 0 Å². The van der Waals surface area contributed by atoms with E-state index in [1.807, 2.05) is 0 Å². The highest BCUT2D eigenvalue weighted by Gasteiger charge is 2.38. The Bertz CT molecular complexity index is 382. The third-order valence-electron chi connectivity index (χ3n) is 6.15. The molecule has 1 amide bonds. The molecule has 2 heterocycles. The van der Waals surface area contributed by atoms with Crippen molar-refractivity contribution in [1.82, 2.24) is 15.1 Å². The number of amides is 1. The van der Waals surface area contributed by atoms with Crippen LogP contribution < -0.4 is 5.32 Å². The zero-order valence-electron chi connectivity index (χ0n) is 15.2. The Kier molecular flexibility index (Phi) is 6.93. The minimum Gasteiger partial charge on any atom is -0.379 e. The number of hydrogen-bond acceptors (Lipinski definition) is 4. The van der Waals surface area contributed by atoms with Crippen LogP contribution in [0.3, 0.4) is 0 Å². The minimum atomic E-state index is 0.177. The molecule has 0 aromatic carbocycles. The van der Waals surface area contributed by atoms with Crippen molar-refractivity contribution in [2.75, 3.05) is 52.5 Å². The number of morpholine rings is 1. The first kappa shape index (κ1) is 18.2. The quantitative estimate of drug-likeness (QED) is 0.834. The van der Waals surface area contributed by atoms with E-state index in [0.29, 0.717) is 6.54 Å². The number of hydrogen-bond donors (Lipinski definition) is 1. The van der Waals surface area contributed by atoms with Gasteiger partial charge in [-0.15, -0.1) is 0 Å². The fourth-order valence-electron chi connectivity index (χ4n) is 4.67. The summed E-state index contributed by atoms with van der Waals surface area (Å²) in [4.78, 5) is 17.4. The van der Waals surface area contributed by atoms with Gasteiger partial charge in [0.1, 0.15) is 0 Å². The van der Waals surface area contributed by atoms with E-state index in [9.17, 15) is 4.79 Å². The zero-order chi connectivity index (χ0) is 16.7. The Hall–Kier alpha value is -0.650. The van der Waals surface area contributed by atoms with Crippen LogP contribution in [0.15, 0.2) is 0 Å². The smallest absolute Gasteiger partial charge is 0.234 e. The number of carbonyl (C=O) groups excluding carboxylic acids is 1. The maximum absolute atomic E-state index is 12.5. The lowest BCUT2D eigenvalue weighted by atomic mass is 9.79. The standard InChI is InChI=1S/C19H35N3O2/c23-18(16-21-10-6-1-2-7-11-21)20-17-19(8-4-3-5-9-19)22-12-14-24-15-13-22/h1-17H2,(H,20,23). The molecule has 3 rings (SSSR count). The van der Waals surface area contributed by atoms with Gasteiger partial charge in [-0.3, -0.25) is 14.6 Å². The second-order valence-corrected chi connectivity index (χ2v) is 7.85. The van der Waals surface area contributed by atoms with Gasteiger partial charge in [-0.1, -0.05) is 32.1 Å². The Morgan fingerprint density at radius 1 is 0.875 bits per heavy atom. The summed E-state index contributed by atoms with van der Waals surface area (Å²) in [6, 6.07) is 0. The van der Waals surface area contributed by atoms with Crippen LogP contribution in [0.4, 0.5) is 0 Å². The van der Waals surface area contributed by atoms with Gasteiger partial charge >= 0.3 is 0 Å². The minimum absolute atomic E-state index is 0.177. The molecule has 2 aliphatic heterocycles. The summed E-state index contributed by atoms with van der Waals surface area (Å²) in [6.07, 6.45) is 11.5. The van der Waals surface area contributed by atoms with E-state index >= 15 is 0 Å². The SMILES string of the molecule is O=C(CN1CCCCCC1)NCC1(N2CCOCC2)CCCCC1. The molecule has 138 valence electrons. The van der Waals surface area contributed by atoms with E-state index in [1.54, 1.807) is 0 Å². The molecule has 24 heavy (non-hydrogen) atoms. The highest BCUT2D eigenvalue weighted by Crippen LogP contribution is 2.33. The maximum atomic E-state index is 12.5. The Balaban J connectivity index is 1.51. The largest absolute Gasteiger partial charge is 0.379 e. The predicted octanol–water partition coefficient (Wildman–Crippen LogP) is 2.01. The second kappa shape index (κ2) is 9.16. The number of nitrogens with zero attached hydrogens (tertiary/aromatic N) is 2. The molecule has 5 heteroatoms. The summed E-state index contributed by atoms with van der Waals surface area (Å²) < 4.78 is 5.54. The maximum Gasteiger partial charge on any atom is 0.234 e. The lowest BCUT2D eigenvalue weighted by Crippen LogP contribution is -2.60. The summed E-state index contributed by atoms with van der Waals surface area (Å²) in [5.41, 5.74) is 0.177. The number of likely N-dealkylation sites (tertiary alicyclic amines) is 1. The molecular formula is C19H35N3O2. The number of ether oxygens (including phenoxy) is 1. The van der Waals surface area contributed by atoms with Gasteiger partial charge in [-0.25, -0.2) is 0 Å². The molecule has 0 radical (unpaired) electrons. The summed E-state index contributed by atoms with van der Waals surface area (Å²) in [7, 11) is 0. The van der Waals surface area contributed by atoms with Crippen LogP contribution in [-0.4, -0.2) is 73.7 Å². The third kappa shape index (κ3) is 4.93. The molecule has 0 bridgehead atoms. The van der Waals surface area contributed by atoms with Gasteiger partial charge in [0.25, 0.3) is 0 Å². The van der Waals surface area contributed by atoms with Crippen molar-refractivity contribution in [1.29, 1.82) is 0 Å². The average molecular weight is 338 g/mol. The molecular weight excluding hydrogens is 302 g/mol. The molecule has 0 unspecified atom stereocenters.